The highest BCUT2D eigenvalue weighted by Crippen LogP contribution is 2.25. The van der Waals surface area contributed by atoms with E-state index in [1.165, 1.54) is 0 Å². The fourth-order valence-electron chi connectivity index (χ4n) is 1.80. The summed E-state index contributed by atoms with van der Waals surface area (Å²) >= 11 is 9.34. The molecular formula is C15H14BrClN2O2. The zero-order chi connectivity index (χ0) is 15.4. The number of amides is 1. The number of nitrogens with one attached hydrogen (secondary N) is 1. The van der Waals surface area contributed by atoms with Gasteiger partial charge in [0, 0.05) is 4.47 Å². The molecule has 0 bridgehead atoms. The molecule has 4 N–H and O–H groups in total. The van der Waals surface area contributed by atoms with E-state index in [-0.39, 0.29) is 11.7 Å². The predicted octanol–water partition coefficient (Wildman–Crippen LogP) is 3.32. The second kappa shape index (κ2) is 6.93. The van der Waals surface area contributed by atoms with E-state index in [0.29, 0.717) is 17.1 Å². The SMILES string of the molecule is N[C@@H](Cc1ccc(O)cc1)C(=O)Nc1cc(Br)ccc1Cl. The maximum Gasteiger partial charge on any atom is 0.241 e. The lowest BCUT2D eigenvalue weighted by Crippen LogP contribution is -2.37. The molecule has 0 saturated carbocycles. The molecule has 21 heavy (non-hydrogen) atoms. The topological polar surface area (TPSA) is 75.3 Å². The van der Waals surface area contributed by atoms with Gasteiger partial charge in [0.25, 0.3) is 0 Å². The van der Waals surface area contributed by atoms with Gasteiger partial charge in [-0.2, -0.15) is 0 Å². The van der Waals surface area contributed by atoms with Gasteiger partial charge in [-0.05, 0) is 42.3 Å². The van der Waals surface area contributed by atoms with E-state index in [1.807, 2.05) is 0 Å². The third-order valence-corrected chi connectivity index (χ3v) is 3.74. The molecule has 0 aromatic heterocycles. The molecule has 1 amide bonds. The quantitative estimate of drug-likeness (QED) is 0.774. The summed E-state index contributed by atoms with van der Waals surface area (Å²) in [4.78, 5) is 12.1. The molecule has 0 spiro atoms. The van der Waals surface area contributed by atoms with Gasteiger partial charge in [-0.25, -0.2) is 0 Å². The van der Waals surface area contributed by atoms with E-state index < -0.39 is 6.04 Å². The van der Waals surface area contributed by atoms with E-state index >= 15 is 0 Å². The summed E-state index contributed by atoms with van der Waals surface area (Å²) in [6.45, 7) is 0. The number of hydrogen-bond acceptors (Lipinski definition) is 3. The van der Waals surface area contributed by atoms with E-state index in [9.17, 15) is 9.90 Å². The van der Waals surface area contributed by atoms with Crippen molar-refractivity contribution in [3.05, 3.63) is 57.5 Å². The highest BCUT2D eigenvalue weighted by atomic mass is 79.9. The molecule has 6 heteroatoms. The van der Waals surface area contributed by atoms with Crippen LogP contribution in [0, 0.1) is 0 Å². The Hall–Kier alpha value is -1.56. The maximum atomic E-state index is 12.1. The molecule has 0 fully saturated rings. The smallest absolute Gasteiger partial charge is 0.241 e. The number of carbonyl (C=O) groups is 1. The van der Waals surface area contributed by atoms with Crippen molar-refractivity contribution in [1.82, 2.24) is 0 Å². The molecule has 0 unspecified atom stereocenters. The van der Waals surface area contributed by atoms with Crippen LogP contribution in [-0.4, -0.2) is 17.1 Å². The summed E-state index contributed by atoms with van der Waals surface area (Å²) in [6.07, 6.45) is 0.373. The van der Waals surface area contributed by atoms with Crippen LogP contribution in [0.25, 0.3) is 0 Å². The van der Waals surface area contributed by atoms with Crippen molar-refractivity contribution in [2.45, 2.75) is 12.5 Å². The number of carbonyl (C=O) groups excluding carboxylic acids is 1. The van der Waals surface area contributed by atoms with Crippen LogP contribution < -0.4 is 11.1 Å². The van der Waals surface area contributed by atoms with E-state index in [2.05, 4.69) is 21.2 Å². The predicted molar refractivity (Wildman–Crippen MR) is 87.6 cm³/mol. The van der Waals surface area contributed by atoms with Crippen molar-refractivity contribution in [1.29, 1.82) is 0 Å². The summed E-state index contributed by atoms with van der Waals surface area (Å²) in [5.74, 6) is -0.138. The minimum Gasteiger partial charge on any atom is -0.508 e. The third-order valence-electron chi connectivity index (χ3n) is 2.92. The van der Waals surface area contributed by atoms with Gasteiger partial charge >= 0.3 is 0 Å². The van der Waals surface area contributed by atoms with Gasteiger partial charge in [-0.3, -0.25) is 4.79 Å². The van der Waals surface area contributed by atoms with Crippen molar-refractivity contribution < 1.29 is 9.90 Å². The Balaban J connectivity index is 2.02. The molecule has 4 nitrogen and oxygen atoms in total. The molecule has 0 aliphatic heterocycles. The summed E-state index contributed by atoms with van der Waals surface area (Å²) < 4.78 is 0.814. The molecule has 0 radical (unpaired) electrons. The van der Waals surface area contributed by atoms with Crippen LogP contribution in [0.15, 0.2) is 46.9 Å². The van der Waals surface area contributed by atoms with Gasteiger partial charge in [0.1, 0.15) is 5.75 Å². The van der Waals surface area contributed by atoms with Crippen LogP contribution in [0.4, 0.5) is 5.69 Å². The van der Waals surface area contributed by atoms with E-state index in [1.54, 1.807) is 42.5 Å². The van der Waals surface area contributed by atoms with Crippen molar-refractivity contribution in [2.24, 2.45) is 5.73 Å². The Labute approximate surface area is 136 Å². The highest BCUT2D eigenvalue weighted by molar-refractivity contribution is 9.10. The fourth-order valence-corrected chi connectivity index (χ4v) is 2.32. The van der Waals surface area contributed by atoms with Crippen molar-refractivity contribution in [3.8, 4) is 5.75 Å². The summed E-state index contributed by atoms with van der Waals surface area (Å²) in [5, 5.41) is 12.4. The molecule has 0 saturated heterocycles. The largest absolute Gasteiger partial charge is 0.508 e. The zero-order valence-electron chi connectivity index (χ0n) is 11.0. The lowest BCUT2D eigenvalue weighted by atomic mass is 10.1. The lowest BCUT2D eigenvalue weighted by molar-refractivity contribution is -0.117. The lowest BCUT2D eigenvalue weighted by Gasteiger charge is -2.13. The summed E-state index contributed by atoms with van der Waals surface area (Å²) in [5.41, 5.74) is 7.28. The van der Waals surface area contributed by atoms with Crippen molar-refractivity contribution in [2.75, 3.05) is 5.32 Å². The Bertz CT molecular complexity index is 647. The van der Waals surface area contributed by atoms with Crippen LogP contribution in [0.5, 0.6) is 5.75 Å². The first kappa shape index (κ1) is 15.8. The van der Waals surface area contributed by atoms with Crippen LogP contribution in [-0.2, 0) is 11.2 Å². The number of hydrogen-bond donors (Lipinski definition) is 3. The molecule has 2 rings (SSSR count). The minimum atomic E-state index is -0.704. The van der Waals surface area contributed by atoms with Gasteiger partial charge in [0.05, 0.1) is 16.8 Å². The van der Waals surface area contributed by atoms with Crippen LogP contribution in [0.2, 0.25) is 5.02 Å². The van der Waals surface area contributed by atoms with Gasteiger partial charge in [-0.1, -0.05) is 39.7 Å². The van der Waals surface area contributed by atoms with Crippen LogP contribution in [0.1, 0.15) is 5.56 Å². The molecule has 0 aliphatic rings. The third kappa shape index (κ3) is 4.46. The van der Waals surface area contributed by atoms with E-state index in [0.717, 1.165) is 10.0 Å². The first-order valence-electron chi connectivity index (χ1n) is 6.25. The van der Waals surface area contributed by atoms with Crippen molar-refractivity contribution >= 4 is 39.1 Å². The Morgan fingerprint density at radius 1 is 1.29 bits per heavy atom. The number of anilines is 1. The highest BCUT2D eigenvalue weighted by Gasteiger charge is 2.15. The average Bonchev–Trinajstić information content (AvgIpc) is 2.45. The summed E-state index contributed by atoms with van der Waals surface area (Å²) in [6, 6.07) is 11.1. The molecule has 2 aromatic carbocycles. The minimum absolute atomic E-state index is 0.178. The van der Waals surface area contributed by atoms with E-state index in [4.69, 9.17) is 17.3 Å². The molecule has 0 heterocycles. The first-order chi connectivity index (χ1) is 9.95. The molecule has 0 aliphatic carbocycles. The number of nitrogens with two attached hydrogens (primary N) is 1. The maximum absolute atomic E-state index is 12.1. The van der Waals surface area contributed by atoms with Crippen LogP contribution in [0.3, 0.4) is 0 Å². The molecule has 1 atom stereocenters. The standard InChI is InChI=1S/C15H14BrClN2O2/c16-10-3-6-12(17)14(8-10)19-15(21)13(18)7-9-1-4-11(20)5-2-9/h1-6,8,13,20H,7,18H2,(H,19,21)/t13-/m0/s1. The van der Waals surface area contributed by atoms with Gasteiger partial charge in [0.2, 0.25) is 5.91 Å². The first-order valence-corrected chi connectivity index (χ1v) is 7.42. The average molecular weight is 370 g/mol. The second-order valence-electron chi connectivity index (χ2n) is 4.59. The number of benzene rings is 2. The Kier molecular flexibility index (Phi) is 5.22. The number of halogens is 2. The number of phenols is 1. The van der Waals surface area contributed by atoms with Gasteiger partial charge in [-0.15, -0.1) is 0 Å². The molecular weight excluding hydrogens is 356 g/mol. The van der Waals surface area contributed by atoms with Crippen molar-refractivity contribution in [3.63, 3.8) is 0 Å². The van der Waals surface area contributed by atoms with Gasteiger partial charge in [0.15, 0.2) is 0 Å². The fraction of sp³-hybridized carbons (Fsp3) is 0.133. The molecule has 2 aromatic rings. The number of rotatable bonds is 4. The zero-order valence-corrected chi connectivity index (χ0v) is 13.4. The molecule has 110 valence electrons. The Morgan fingerprint density at radius 3 is 2.62 bits per heavy atom. The monoisotopic (exact) mass is 368 g/mol. The number of phenolic OH excluding ortho intramolecular Hbond substituents is 1. The van der Waals surface area contributed by atoms with Gasteiger partial charge < -0.3 is 16.2 Å². The number of aromatic hydroxyl groups is 1. The normalized spacial score (nSPS) is 12.0. The summed E-state index contributed by atoms with van der Waals surface area (Å²) in [7, 11) is 0. The Morgan fingerprint density at radius 2 is 1.95 bits per heavy atom. The van der Waals surface area contributed by atoms with Crippen LogP contribution >= 0.6 is 27.5 Å². The second-order valence-corrected chi connectivity index (χ2v) is 5.91.